The van der Waals surface area contributed by atoms with Gasteiger partial charge in [0, 0.05) is 4.47 Å². The predicted molar refractivity (Wildman–Crippen MR) is 66.5 cm³/mol. The lowest BCUT2D eigenvalue weighted by Gasteiger charge is -2.03. The largest absolute Gasteiger partial charge is 0.507 e. The van der Waals surface area contributed by atoms with Gasteiger partial charge in [0.25, 0.3) is 5.89 Å². The van der Waals surface area contributed by atoms with Crippen LogP contribution in [0.15, 0.2) is 27.2 Å². The molecule has 6 heteroatoms. The van der Waals surface area contributed by atoms with E-state index in [0.29, 0.717) is 23.8 Å². The number of phenols is 1. The predicted octanol–water partition coefficient (Wildman–Crippen LogP) is 2.27. The molecule has 17 heavy (non-hydrogen) atoms. The molecule has 0 aliphatic rings. The molecule has 0 saturated carbocycles. The highest BCUT2D eigenvalue weighted by molar-refractivity contribution is 9.10. The molecule has 1 aromatic carbocycles. The molecule has 0 aliphatic heterocycles. The minimum absolute atomic E-state index is 0.119. The molecule has 0 fully saturated rings. The van der Waals surface area contributed by atoms with Crippen molar-refractivity contribution >= 4 is 15.9 Å². The van der Waals surface area contributed by atoms with Gasteiger partial charge in [0.2, 0.25) is 0 Å². The Morgan fingerprint density at radius 3 is 2.88 bits per heavy atom. The first-order valence-corrected chi connectivity index (χ1v) is 5.82. The van der Waals surface area contributed by atoms with Gasteiger partial charge in [0.15, 0.2) is 5.82 Å². The zero-order chi connectivity index (χ0) is 12.4. The average molecular weight is 298 g/mol. The first-order chi connectivity index (χ1) is 8.06. The first-order valence-electron chi connectivity index (χ1n) is 5.02. The Morgan fingerprint density at radius 1 is 1.41 bits per heavy atom. The van der Waals surface area contributed by atoms with Gasteiger partial charge in [-0.2, -0.15) is 4.98 Å². The fourth-order valence-corrected chi connectivity index (χ4v) is 1.75. The van der Waals surface area contributed by atoms with E-state index in [1.807, 2.05) is 19.0 Å². The number of benzene rings is 1. The maximum atomic E-state index is 9.72. The van der Waals surface area contributed by atoms with Gasteiger partial charge in [-0.05, 0) is 32.3 Å². The maximum Gasteiger partial charge on any atom is 0.261 e. The van der Waals surface area contributed by atoms with Crippen LogP contribution < -0.4 is 0 Å². The van der Waals surface area contributed by atoms with Crippen LogP contribution in [-0.4, -0.2) is 34.2 Å². The minimum Gasteiger partial charge on any atom is -0.507 e. The van der Waals surface area contributed by atoms with Gasteiger partial charge in [0.05, 0.1) is 12.1 Å². The van der Waals surface area contributed by atoms with Gasteiger partial charge in [-0.15, -0.1) is 0 Å². The Bertz CT molecular complexity index is 525. The van der Waals surface area contributed by atoms with E-state index in [1.165, 1.54) is 0 Å². The van der Waals surface area contributed by atoms with Crippen molar-refractivity contribution in [1.29, 1.82) is 0 Å². The van der Waals surface area contributed by atoms with Crippen LogP contribution in [0.4, 0.5) is 0 Å². The van der Waals surface area contributed by atoms with Crippen molar-refractivity contribution in [3.63, 3.8) is 0 Å². The van der Waals surface area contributed by atoms with E-state index in [2.05, 4.69) is 26.1 Å². The molecule has 1 heterocycles. The lowest BCUT2D eigenvalue weighted by molar-refractivity contribution is 0.365. The van der Waals surface area contributed by atoms with E-state index in [4.69, 9.17) is 4.52 Å². The van der Waals surface area contributed by atoms with Gasteiger partial charge in [-0.1, -0.05) is 21.1 Å². The maximum absolute atomic E-state index is 9.72. The number of phenolic OH excluding ortho intramolecular Hbond substituents is 1. The fourth-order valence-electron chi connectivity index (χ4n) is 1.39. The molecule has 0 spiro atoms. The fraction of sp³-hybridized carbons (Fsp3) is 0.273. The monoisotopic (exact) mass is 297 g/mol. The summed E-state index contributed by atoms with van der Waals surface area (Å²) in [7, 11) is 3.85. The summed E-state index contributed by atoms with van der Waals surface area (Å²) >= 11 is 3.33. The number of hydrogen-bond acceptors (Lipinski definition) is 5. The quantitative estimate of drug-likeness (QED) is 0.941. The third-order valence-corrected chi connectivity index (χ3v) is 2.61. The zero-order valence-electron chi connectivity index (χ0n) is 9.51. The molecule has 0 unspecified atom stereocenters. The molecule has 0 radical (unpaired) electrons. The number of nitrogens with zero attached hydrogens (tertiary/aromatic N) is 3. The molecule has 0 bridgehead atoms. The van der Waals surface area contributed by atoms with Crippen LogP contribution in [0.1, 0.15) is 5.82 Å². The van der Waals surface area contributed by atoms with Gasteiger partial charge >= 0.3 is 0 Å². The summed E-state index contributed by atoms with van der Waals surface area (Å²) in [6.45, 7) is 0.596. The van der Waals surface area contributed by atoms with E-state index in [1.54, 1.807) is 18.2 Å². The molecule has 0 saturated heterocycles. The number of hydrogen-bond donors (Lipinski definition) is 1. The third kappa shape index (κ3) is 2.83. The normalized spacial score (nSPS) is 11.1. The molecule has 1 N–H and O–H groups in total. The van der Waals surface area contributed by atoms with Crippen molar-refractivity contribution in [3.8, 4) is 17.2 Å². The Hall–Kier alpha value is -1.40. The highest BCUT2D eigenvalue weighted by Gasteiger charge is 2.13. The SMILES string of the molecule is CN(C)Cc1noc(-c2cc(Br)ccc2O)n1. The van der Waals surface area contributed by atoms with Crippen LogP contribution >= 0.6 is 15.9 Å². The molecule has 2 aromatic rings. The third-order valence-electron chi connectivity index (χ3n) is 2.11. The summed E-state index contributed by atoms with van der Waals surface area (Å²) in [5.41, 5.74) is 0.525. The number of rotatable bonds is 3. The van der Waals surface area contributed by atoms with Crippen LogP contribution in [-0.2, 0) is 6.54 Å². The molecular formula is C11H12BrN3O2. The molecule has 90 valence electrons. The van der Waals surface area contributed by atoms with Gasteiger partial charge in [-0.3, -0.25) is 0 Å². The molecule has 0 amide bonds. The Labute approximate surface area is 107 Å². The number of halogens is 1. The van der Waals surface area contributed by atoms with Crippen molar-refractivity contribution in [1.82, 2.24) is 15.0 Å². The smallest absolute Gasteiger partial charge is 0.261 e. The van der Waals surface area contributed by atoms with E-state index in [-0.39, 0.29) is 5.75 Å². The van der Waals surface area contributed by atoms with Gasteiger partial charge < -0.3 is 14.5 Å². The summed E-state index contributed by atoms with van der Waals surface area (Å²) in [5.74, 6) is 1.03. The van der Waals surface area contributed by atoms with Crippen LogP contribution in [0, 0.1) is 0 Å². The first kappa shape index (κ1) is 12.1. The van der Waals surface area contributed by atoms with Gasteiger partial charge in [-0.25, -0.2) is 0 Å². The summed E-state index contributed by atoms with van der Waals surface area (Å²) in [6, 6.07) is 5.06. The summed E-state index contributed by atoms with van der Waals surface area (Å²) in [6.07, 6.45) is 0. The topological polar surface area (TPSA) is 62.4 Å². The highest BCUT2D eigenvalue weighted by Crippen LogP contribution is 2.30. The van der Waals surface area contributed by atoms with Crippen molar-refractivity contribution < 1.29 is 9.63 Å². The number of aromatic nitrogens is 2. The van der Waals surface area contributed by atoms with Crippen molar-refractivity contribution in [2.75, 3.05) is 14.1 Å². The Kier molecular flexibility index (Phi) is 3.44. The van der Waals surface area contributed by atoms with Gasteiger partial charge in [0.1, 0.15) is 5.75 Å². The standard InChI is InChI=1S/C11H12BrN3O2/c1-15(2)6-10-13-11(17-14-10)8-5-7(12)3-4-9(8)16/h3-5,16H,6H2,1-2H3. The molecule has 1 aromatic heterocycles. The summed E-state index contributed by atoms with van der Waals surface area (Å²) < 4.78 is 5.96. The lowest BCUT2D eigenvalue weighted by Crippen LogP contribution is -2.11. The Morgan fingerprint density at radius 2 is 2.18 bits per heavy atom. The second-order valence-electron chi connectivity index (χ2n) is 3.92. The summed E-state index contributed by atoms with van der Waals surface area (Å²) in [4.78, 5) is 6.16. The van der Waals surface area contributed by atoms with Crippen LogP contribution in [0.5, 0.6) is 5.75 Å². The molecule has 0 aliphatic carbocycles. The van der Waals surface area contributed by atoms with E-state index in [0.717, 1.165) is 4.47 Å². The van der Waals surface area contributed by atoms with Crippen molar-refractivity contribution in [2.45, 2.75) is 6.54 Å². The van der Waals surface area contributed by atoms with E-state index < -0.39 is 0 Å². The molecular weight excluding hydrogens is 286 g/mol. The summed E-state index contributed by atoms with van der Waals surface area (Å²) in [5, 5.41) is 13.6. The average Bonchev–Trinajstić information content (AvgIpc) is 2.69. The van der Waals surface area contributed by atoms with Crippen LogP contribution in [0.3, 0.4) is 0 Å². The number of aromatic hydroxyl groups is 1. The molecule has 5 nitrogen and oxygen atoms in total. The molecule has 2 rings (SSSR count). The molecule has 0 atom stereocenters. The van der Waals surface area contributed by atoms with Crippen molar-refractivity contribution in [2.24, 2.45) is 0 Å². The van der Waals surface area contributed by atoms with Crippen molar-refractivity contribution in [3.05, 3.63) is 28.5 Å². The Balaban J connectivity index is 2.33. The van der Waals surface area contributed by atoms with Crippen LogP contribution in [0.25, 0.3) is 11.5 Å². The van der Waals surface area contributed by atoms with E-state index >= 15 is 0 Å². The second-order valence-corrected chi connectivity index (χ2v) is 4.83. The lowest BCUT2D eigenvalue weighted by atomic mass is 10.2. The van der Waals surface area contributed by atoms with Crippen LogP contribution in [0.2, 0.25) is 0 Å². The van der Waals surface area contributed by atoms with E-state index in [9.17, 15) is 5.11 Å². The highest BCUT2D eigenvalue weighted by atomic mass is 79.9. The second kappa shape index (κ2) is 4.85. The zero-order valence-corrected chi connectivity index (χ0v) is 11.1. The minimum atomic E-state index is 0.119.